The molecule has 0 spiro atoms. The van der Waals surface area contributed by atoms with Gasteiger partial charge < -0.3 is 14.8 Å². The van der Waals surface area contributed by atoms with Crippen molar-refractivity contribution in [3.63, 3.8) is 0 Å². The lowest BCUT2D eigenvalue weighted by atomic mass is 10.0. The van der Waals surface area contributed by atoms with E-state index in [1.807, 2.05) is 45.0 Å². The number of unbranched alkanes of at least 4 members (excludes halogenated alkanes) is 1. The molecule has 1 N–H and O–H groups in total. The molecule has 4 heteroatoms. The van der Waals surface area contributed by atoms with Crippen LogP contribution < -0.4 is 10.1 Å². The number of rotatable bonds is 6. The van der Waals surface area contributed by atoms with E-state index in [9.17, 15) is 4.79 Å². The van der Waals surface area contributed by atoms with Crippen molar-refractivity contribution in [2.24, 2.45) is 0 Å². The number of ether oxygens (including phenoxy) is 2. The molecule has 1 amide bonds. The Hall–Kier alpha value is -1.71. The van der Waals surface area contributed by atoms with Gasteiger partial charge in [-0.1, -0.05) is 31.5 Å². The first-order chi connectivity index (χ1) is 10.4. The Morgan fingerprint density at radius 1 is 1.27 bits per heavy atom. The molecule has 0 heterocycles. The van der Waals surface area contributed by atoms with Crippen LogP contribution in [0.4, 0.5) is 4.79 Å². The van der Waals surface area contributed by atoms with Gasteiger partial charge in [0.15, 0.2) is 0 Å². The highest BCUT2D eigenvalue weighted by molar-refractivity contribution is 5.70. The fourth-order valence-electron chi connectivity index (χ4n) is 2.40. The van der Waals surface area contributed by atoms with Gasteiger partial charge in [0, 0.05) is 5.56 Å². The van der Waals surface area contributed by atoms with Gasteiger partial charge in [0.2, 0.25) is 0 Å². The van der Waals surface area contributed by atoms with E-state index in [0.717, 1.165) is 37.0 Å². The number of hydrogen-bond donors (Lipinski definition) is 1. The molecule has 0 bridgehead atoms. The summed E-state index contributed by atoms with van der Waals surface area (Å²) in [6.45, 7) is 8.45. The highest BCUT2D eigenvalue weighted by atomic mass is 16.6. The molecule has 0 saturated heterocycles. The number of hydrogen-bond acceptors (Lipinski definition) is 3. The average molecular weight is 305 g/mol. The van der Waals surface area contributed by atoms with Gasteiger partial charge in [0.05, 0.1) is 12.1 Å². The Bertz CT molecular complexity index is 515. The maximum Gasteiger partial charge on any atom is 0.408 e. The van der Waals surface area contributed by atoms with Gasteiger partial charge in [-0.15, -0.1) is 0 Å². The summed E-state index contributed by atoms with van der Waals surface area (Å²) in [7, 11) is 0. The maximum absolute atomic E-state index is 12.1. The molecular formula is C18H27NO3. The third-order valence-electron chi connectivity index (χ3n) is 3.65. The smallest absolute Gasteiger partial charge is 0.408 e. The van der Waals surface area contributed by atoms with Crippen LogP contribution in [-0.4, -0.2) is 18.3 Å². The topological polar surface area (TPSA) is 47.6 Å². The minimum Gasteiger partial charge on any atom is -0.493 e. The molecule has 0 unspecified atom stereocenters. The normalized spacial score (nSPS) is 16.0. The predicted octanol–water partition coefficient (Wildman–Crippen LogP) is 4.38. The van der Waals surface area contributed by atoms with Crippen molar-refractivity contribution < 1.29 is 14.3 Å². The number of para-hydroxylation sites is 1. The van der Waals surface area contributed by atoms with Crippen LogP contribution in [0.15, 0.2) is 24.3 Å². The van der Waals surface area contributed by atoms with Gasteiger partial charge in [0.1, 0.15) is 11.4 Å². The first-order valence-electron chi connectivity index (χ1n) is 8.10. The van der Waals surface area contributed by atoms with E-state index in [2.05, 4.69) is 12.2 Å². The van der Waals surface area contributed by atoms with E-state index < -0.39 is 5.60 Å². The van der Waals surface area contributed by atoms with Gasteiger partial charge >= 0.3 is 6.09 Å². The average Bonchev–Trinajstić information content (AvgIpc) is 3.18. The van der Waals surface area contributed by atoms with Crippen LogP contribution in [0.3, 0.4) is 0 Å². The molecule has 0 aliphatic heterocycles. The fraction of sp³-hybridized carbons (Fsp3) is 0.611. The standard InChI is InChI=1S/C18H27NO3/c1-5-6-13-21-15-10-8-7-9-14(15)18(11-12-18)19-16(20)22-17(2,3)4/h7-10H,5-6,11-13H2,1-4H3,(H,19,20). The van der Waals surface area contributed by atoms with E-state index in [-0.39, 0.29) is 11.6 Å². The van der Waals surface area contributed by atoms with Gasteiger partial charge in [0.25, 0.3) is 0 Å². The van der Waals surface area contributed by atoms with Crippen molar-refractivity contribution in [1.29, 1.82) is 0 Å². The lowest BCUT2D eigenvalue weighted by Gasteiger charge is -2.25. The highest BCUT2D eigenvalue weighted by Crippen LogP contribution is 2.49. The zero-order valence-electron chi connectivity index (χ0n) is 14.1. The minimum atomic E-state index is -0.489. The summed E-state index contributed by atoms with van der Waals surface area (Å²) in [6, 6.07) is 7.96. The molecule has 22 heavy (non-hydrogen) atoms. The third-order valence-corrected chi connectivity index (χ3v) is 3.65. The summed E-state index contributed by atoms with van der Waals surface area (Å²) in [5.74, 6) is 0.865. The van der Waals surface area contributed by atoms with Crippen LogP contribution in [0.25, 0.3) is 0 Å². The zero-order valence-corrected chi connectivity index (χ0v) is 14.1. The summed E-state index contributed by atoms with van der Waals surface area (Å²) in [4.78, 5) is 12.1. The molecule has 1 fully saturated rings. The lowest BCUT2D eigenvalue weighted by Crippen LogP contribution is -2.39. The van der Waals surface area contributed by atoms with Crippen LogP contribution in [-0.2, 0) is 10.3 Å². The molecule has 1 aromatic carbocycles. The quantitative estimate of drug-likeness (QED) is 0.793. The Labute approximate surface area is 133 Å². The van der Waals surface area contributed by atoms with E-state index >= 15 is 0 Å². The van der Waals surface area contributed by atoms with Crippen molar-refractivity contribution in [3.05, 3.63) is 29.8 Å². The second-order valence-corrected chi connectivity index (χ2v) is 6.91. The Morgan fingerprint density at radius 3 is 2.55 bits per heavy atom. The molecule has 1 aliphatic carbocycles. The van der Waals surface area contributed by atoms with Gasteiger partial charge in [-0.2, -0.15) is 0 Å². The van der Waals surface area contributed by atoms with Gasteiger partial charge in [-0.25, -0.2) is 4.79 Å². The Kier molecular flexibility index (Phi) is 4.99. The van der Waals surface area contributed by atoms with Crippen molar-refractivity contribution >= 4 is 6.09 Å². The molecule has 4 nitrogen and oxygen atoms in total. The fourth-order valence-corrected chi connectivity index (χ4v) is 2.40. The van der Waals surface area contributed by atoms with E-state index in [1.165, 1.54) is 0 Å². The third kappa shape index (κ3) is 4.39. The second kappa shape index (κ2) is 6.59. The molecular weight excluding hydrogens is 278 g/mol. The molecule has 2 rings (SSSR count). The Balaban J connectivity index is 2.08. The molecule has 1 saturated carbocycles. The molecule has 0 atom stereocenters. The van der Waals surface area contributed by atoms with E-state index in [0.29, 0.717) is 6.61 Å². The number of carbonyl (C=O) groups excluding carboxylic acids is 1. The Morgan fingerprint density at radius 2 is 1.95 bits per heavy atom. The van der Waals surface area contributed by atoms with Gasteiger partial charge in [-0.05, 0) is 46.1 Å². The van der Waals surface area contributed by atoms with E-state index in [4.69, 9.17) is 9.47 Å². The van der Waals surface area contributed by atoms with Crippen molar-refractivity contribution in [2.75, 3.05) is 6.61 Å². The number of nitrogens with one attached hydrogen (secondary N) is 1. The molecule has 0 aromatic heterocycles. The molecule has 1 aliphatic rings. The predicted molar refractivity (Wildman–Crippen MR) is 87.1 cm³/mol. The summed E-state index contributed by atoms with van der Waals surface area (Å²) in [6.07, 6.45) is 3.60. The number of alkyl carbamates (subject to hydrolysis) is 1. The van der Waals surface area contributed by atoms with Crippen molar-refractivity contribution in [2.45, 2.75) is 64.5 Å². The van der Waals surface area contributed by atoms with Crippen LogP contribution in [0.5, 0.6) is 5.75 Å². The van der Waals surface area contributed by atoms with Crippen molar-refractivity contribution in [1.82, 2.24) is 5.32 Å². The highest BCUT2D eigenvalue weighted by Gasteiger charge is 2.48. The van der Waals surface area contributed by atoms with Gasteiger partial charge in [-0.3, -0.25) is 0 Å². The summed E-state index contributed by atoms with van der Waals surface area (Å²) in [5.41, 5.74) is 0.236. The first-order valence-corrected chi connectivity index (χ1v) is 8.10. The van der Waals surface area contributed by atoms with Crippen LogP contribution in [0, 0.1) is 0 Å². The van der Waals surface area contributed by atoms with Crippen LogP contribution in [0.1, 0.15) is 58.9 Å². The van der Waals surface area contributed by atoms with Crippen LogP contribution >= 0.6 is 0 Å². The molecule has 122 valence electrons. The monoisotopic (exact) mass is 305 g/mol. The number of carbonyl (C=O) groups is 1. The molecule has 1 aromatic rings. The van der Waals surface area contributed by atoms with E-state index in [1.54, 1.807) is 0 Å². The summed E-state index contributed by atoms with van der Waals surface area (Å²) >= 11 is 0. The molecule has 0 radical (unpaired) electrons. The SMILES string of the molecule is CCCCOc1ccccc1C1(NC(=O)OC(C)(C)C)CC1. The number of benzene rings is 1. The van der Waals surface area contributed by atoms with Crippen molar-refractivity contribution in [3.8, 4) is 5.75 Å². The second-order valence-electron chi connectivity index (χ2n) is 6.91. The maximum atomic E-state index is 12.1. The summed E-state index contributed by atoms with van der Waals surface area (Å²) < 4.78 is 11.3. The largest absolute Gasteiger partial charge is 0.493 e. The van der Waals surface area contributed by atoms with Crippen LogP contribution in [0.2, 0.25) is 0 Å². The minimum absolute atomic E-state index is 0.328. The first kappa shape index (κ1) is 16.7. The lowest BCUT2D eigenvalue weighted by molar-refractivity contribution is 0.0494. The zero-order chi connectivity index (χ0) is 16.2. The number of amides is 1. The summed E-state index contributed by atoms with van der Waals surface area (Å²) in [5, 5.41) is 3.03.